The standard InChI is InChI=1S/C14H22N2/c1-12-5-3-4-10-16(12)14-8-6-13(7-9-14)11-15-2/h6-9,12,15H,3-5,10-11H2,1-2H3/t12-/m0/s1. The number of hydrogen-bond donors (Lipinski definition) is 1. The van der Waals surface area contributed by atoms with E-state index in [1.165, 1.54) is 37.1 Å². The molecule has 2 heteroatoms. The van der Waals surface area contributed by atoms with Gasteiger partial charge in [0.1, 0.15) is 0 Å². The number of anilines is 1. The highest BCUT2D eigenvalue weighted by atomic mass is 15.2. The quantitative estimate of drug-likeness (QED) is 0.839. The molecule has 88 valence electrons. The van der Waals surface area contributed by atoms with Crippen LogP contribution in [0.25, 0.3) is 0 Å². The van der Waals surface area contributed by atoms with Crippen LogP contribution in [0.5, 0.6) is 0 Å². The van der Waals surface area contributed by atoms with E-state index in [0.717, 1.165) is 6.54 Å². The smallest absolute Gasteiger partial charge is 0.0368 e. The van der Waals surface area contributed by atoms with Crippen LogP contribution in [-0.2, 0) is 6.54 Å². The van der Waals surface area contributed by atoms with Gasteiger partial charge in [0, 0.05) is 24.8 Å². The third-order valence-electron chi connectivity index (χ3n) is 3.45. The van der Waals surface area contributed by atoms with Gasteiger partial charge in [0.15, 0.2) is 0 Å². The summed E-state index contributed by atoms with van der Waals surface area (Å²) in [7, 11) is 1.99. The average Bonchev–Trinajstić information content (AvgIpc) is 2.31. The molecule has 0 bridgehead atoms. The van der Waals surface area contributed by atoms with Crippen LogP contribution in [-0.4, -0.2) is 19.6 Å². The van der Waals surface area contributed by atoms with E-state index in [1.807, 2.05) is 7.05 Å². The molecule has 0 spiro atoms. The van der Waals surface area contributed by atoms with Crippen molar-refractivity contribution in [1.82, 2.24) is 5.32 Å². The molecule has 1 aromatic carbocycles. The van der Waals surface area contributed by atoms with E-state index in [4.69, 9.17) is 0 Å². The van der Waals surface area contributed by atoms with E-state index in [-0.39, 0.29) is 0 Å². The predicted octanol–water partition coefficient (Wildman–Crippen LogP) is 2.78. The summed E-state index contributed by atoms with van der Waals surface area (Å²) in [6.07, 6.45) is 4.05. The van der Waals surface area contributed by atoms with Gasteiger partial charge in [-0.2, -0.15) is 0 Å². The van der Waals surface area contributed by atoms with Gasteiger partial charge in [-0.3, -0.25) is 0 Å². The topological polar surface area (TPSA) is 15.3 Å². The third kappa shape index (κ3) is 2.56. The van der Waals surface area contributed by atoms with Crippen LogP contribution in [0.4, 0.5) is 5.69 Å². The molecule has 0 radical (unpaired) electrons. The molecule has 1 saturated heterocycles. The van der Waals surface area contributed by atoms with Gasteiger partial charge >= 0.3 is 0 Å². The van der Waals surface area contributed by atoms with Crippen molar-refractivity contribution < 1.29 is 0 Å². The molecule has 0 unspecified atom stereocenters. The molecular weight excluding hydrogens is 196 g/mol. The fraction of sp³-hybridized carbons (Fsp3) is 0.571. The average molecular weight is 218 g/mol. The maximum absolute atomic E-state index is 3.18. The summed E-state index contributed by atoms with van der Waals surface area (Å²) in [5.41, 5.74) is 2.74. The highest BCUT2D eigenvalue weighted by Gasteiger charge is 2.17. The lowest BCUT2D eigenvalue weighted by Gasteiger charge is -2.35. The molecule has 2 nitrogen and oxygen atoms in total. The van der Waals surface area contributed by atoms with Gasteiger partial charge < -0.3 is 10.2 Å². The molecular formula is C14H22N2. The summed E-state index contributed by atoms with van der Waals surface area (Å²) >= 11 is 0. The molecule has 1 N–H and O–H groups in total. The highest BCUT2D eigenvalue weighted by molar-refractivity contribution is 5.48. The largest absolute Gasteiger partial charge is 0.369 e. The molecule has 1 atom stereocenters. The van der Waals surface area contributed by atoms with Crippen LogP contribution in [0.15, 0.2) is 24.3 Å². The fourth-order valence-electron chi connectivity index (χ4n) is 2.49. The lowest BCUT2D eigenvalue weighted by molar-refractivity contribution is 0.485. The maximum atomic E-state index is 3.18. The molecule has 0 saturated carbocycles. The molecule has 16 heavy (non-hydrogen) atoms. The first-order valence-electron chi connectivity index (χ1n) is 6.31. The Balaban J connectivity index is 2.08. The Morgan fingerprint density at radius 1 is 1.25 bits per heavy atom. The van der Waals surface area contributed by atoms with Crippen LogP contribution in [0, 0.1) is 0 Å². The molecule has 2 rings (SSSR count). The Hall–Kier alpha value is -1.02. The van der Waals surface area contributed by atoms with E-state index in [0.29, 0.717) is 6.04 Å². The molecule has 0 aliphatic carbocycles. The van der Waals surface area contributed by atoms with Crippen molar-refractivity contribution in [2.75, 3.05) is 18.5 Å². The molecule has 0 aromatic heterocycles. The molecule has 1 aliphatic heterocycles. The summed E-state index contributed by atoms with van der Waals surface area (Å²) in [4.78, 5) is 2.53. The van der Waals surface area contributed by atoms with Gasteiger partial charge in [0.05, 0.1) is 0 Å². The van der Waals surface area contributed by atoms with E-state index >= 15 is 0 Å². The SMILES string of the molecule is CNCc1ccc(N2CCCC[C@@H]2C)cc1. The van der Waals surface area contributed by atoms with E-state index in [1.54, 1.807) is 0 Å². The first-order chi connectivity index (χ1) is 7.81. The first kappa shape index (κ1) is 11.5. The zero-order chi connectivity index (χ0) is 11.4. The normalized spacial score (nSPS) is 21.1. The number of nitrogens with zero attached hydrogens (tertiary/aromatic N) is 1. The van der Waals surface area contributed by atoms with Crippen molar-refractivity contribution >= 4 is 5.69 Å². The molecule has 1 heterocycles. The van der Waals surface area contributed by atoms with Crippen molar-refractivity contribution in [2.45, 2.75) is 38.8 Å². The second-order valence-electron chi connectivity index (χ2n) is 4.73. The number of piperidine rings is 1. The van der Waals surface area contributed by atoms with E-state index < -0.39 is 0 Å². The van der Waals surface area contributed by atoms with Gasteiger partial charge in [-0.1, -0.05) is 12.1 Å². The lowest BCUT2D eigenvalue weighted by Crippen LogP contribution is -2.37. The van der Waals surface area contributed by atoms with Crippen LogP contribution in [0.3, 0.4) is 0 Å². The number of rotatable bonds is 3. The van der Waals surface area contributed by atoms with Crippen LogP contribution in [0.1, 0.15) is 31.7 Å². The predicted molar refractivity (Wildman–Crippen MR) is 69.9 cm³/mol. The minimum absolute atomic E-state index is 0.698. The van der Waals surface area contributed by atoms with Crippen LogP contribution >= 0.6 is 0 Å². The Bertz CT molecular complexity index is 318. The summed E-state index contributed by atoms with van der Waals surface area (Å²) in [6, 6.07) is 9.67. The van der Waals surface area contributed by atoms with E-state index in [9.17, 15) is 0 Å². The van der Waals surface area contributed by atoms with Gasteiger partial charge in [-0.15, -0.1) is 0 Å². The summed E-state index contributed by atoms with van der Waals surface area (Å²) < 4.78 is 0. The molecule has 0 amide bonds. The van der Waals surface area contributed by atoms with Crippen LogP contribution in [0.2, 0.25) is 0 Å². The van der Waals surface area contributed by atoms with E-state index in [2.05, 4.69) is 41.4 Å². The Kier molecular flexibility index (Phi) is 3.83. The first-order valence-corrected chi connectivity index (χ1v) is 6.31. The lowest BCUT2D eigenvalue weighted by atomic mass is 10.0. The summed E-state index contributed by atoms with van der Waals surface area (Å²) in [5.74, 6) is 0. The maximum Gasteiger partial charge on any atom is 0.0368 e. The Morgan fingerprint density at radius 2 is 2.00 bits per heavy atom. The number of benzene rings is 1. The second kappa shape index (κ2) is 5.35. The summed E-state index contributed by atoms with van der Waals surface area (Å²) in [5, 5.41) is 3.18. The van der Waals surface area contributed by atoms with Gasteiger partial charge in [0.2, 0.25) is 0 Å². The molecule has 1 aromatic rings. The zero-order valence-corrected chi connectivity index (χ0v) is 10.4. The van der Waals surface area contributed by atoms with Crippen molar-refractivity contribution in [3.05, 3.63) is 29.8 Å². The fourth-order valence-corrected chi connectivity index (χ4v) is 2.49. The Morgan fingerprint density at radius 3 is 2.62 bits per heavy atom. The van der Waals surface area contributed by atoms with Crippen molar-refractivity contribution in [3.63, 3.8) is 0 Å². The minimum Gasteiger partial charge on any atom is -0.369 e. The molecule has 1 fully saturated rings. The Labute approximate surface area is 98.7 Å². The van der Waals surface area contributed by atoms with Gasteiger partial charge in [-0.25, -0.2) is 0 Å². The van der Waals surface area contributed by atoms with Crippen molar-refractivity contribution in [2.24, 2.45) is 0 Å². The van der Waals surface area contributed by atoms with Crippen molar-refractivity contribution in [3.8, 4) is 0 Å². The number of hydrogen-bond acceptors (Lipinski definition) is 2. The minimum atomic E-state index is 0.698. The second-order valence-corrected chi connectivity index (χ2v) is 4.73. The van der Waals surface area contributed by atoms with Gasteiger partial charge in [0.25, 0.3) is 0 Å². The molecule has 1 aliphatic rings. The monoisotopic (exact) mass is 218 g/mol. The van der Waals surface area contributed by atoms with Crippen molar-refractivity contribution in [1.29, 1.82) is 0 Å². The number of nitrogens with one attached hydrogen (secondary N) is 1. The zero-order valence-electron chi connectivity index (χ0n) is 10.4. The van der Waals surface area contributed by atoms with Crippen LogP contribution < -0.4 is 10.2 Å². The highest BCUT2D eigenvalue weighted by Crippen LogP contribution is 2.24. The van der Waals surface area contributed by atoms with Gasteiger partial charge in [-0.05, 0) is 50.9 Å². The third-order valence-corrected chi connectivity index (χ3v) is 3.45. The summed E-state index contributed by atoms with van der Waals surface area (Å²) in [6.45, 7) is 4.50.